The van der Waals surface area contributed by atoms with Crippen LogP contribution in [0.15, 0.2) is 12.2 Å². The average Bonchev–Trinajstić information content (AvgIpc) is 1.79. The Hall–Kier alpha value is 0.857. The van der Waals surface area contributed by atoms with Crippen LogP contribution in [0, 0.1) is 0 Å². The summed E-state index contributed by atoms with van der Waals surface area (Å²) >= 11 is -0.721. The van der Waals surface area contributed by atoms with Crippen LogP contribution in [0.1, 0.15) is 0 Å². The second-order valence-electron chi connectivity index (χ2n) is 3.00. The summed E-state index contributed by atoms with van der Waals surface area (Å²) in [5.74, 6) is 0. The van der Waals surface area contributed by atoms with E-state index in [9.17, 15) is 0 Å². The van der Waals surface area contributed by atoms with Crippen molar-refractivity contribution in [3.63, 3.8) is 0 Å². The average molecular weight is 264 g/mol. The molecule has 0 amide bonds. The van der Waals surface area contributed by atoms with E-state index in [1.807, 2.05) is 0 Å². The normalized spacial score (nSPS) is 12.2. The Morgan fingerprint density at radius 1 is 0.800 bits per heavy atom. The molecular formula is C8H18As2. The van der Waals surface area contributed by atoms with E-state index < -0.39 is 0 Å². The van der Waals surface area contributed by atoms with Gasteiger partial charge < -0.3 is 0 Å². The van der Waals surface area contributed by atoms with E-state index in [4.69, 9.17) is 0 Å². The predicted molar refractivity (Wildman–Crippen MR) is 53.7 cm³/mol. The fourth-order valence-electron chi connectivity index (χ4n) is 0.571. The first kappa shape index (κ1) is 10.9. The van der Waals surface area contributed by atoms with Crippen molar-refractivity contribution in [1.29, 1.82) is 0 Å². The van der Waals surface area contributed by atoms with Crippen molar-refractivity contribution >= 4 is 29.3 Å². The fraction of sp³-hybridized carbons (Fsp3) is 0.750. The number of hydrogen-bond donors (Lipinski definition) is 0. The Balaban J connectivity index is 3.20. The first-order valence-electron chi connectivity index (χ1n) is 3.57. The summed E-state index contributed by atoms with van der Waals surface area (Å²) < 4.78 is 0. The zero-order valence-corrected chi connectivity index (χ0v) is 11.2. The monoisotopic (exact) mass is 264 g/mol. The molecule has 0 saturated heterocycles. The quantitative estimate of drug-likeness (QED) is 0.540. The molecule has 0 spiro atoms. The third-order valence-corrected chi connectivity index (χ3v) is 5.06. The summed E-state index contributed by atoms with van der Waals surface area (Å²) in [6, 6.07) is 0. The molecule has 60 valence electrons. The van der Waals surface area contributed by atoms with Crippen LogP contribution in [0.25, 0.3) is 0 Å². The molecule has 0 nitrogen and oxygen atoms in total. The molecule has 0 N–H and O–H groups in total. The zero-order valence-electron chi connectivity index (χ0n) is 7.46. The van der Waals surface area contributed by atoms with Gasteiger partial charge in [0.25, 0.3) is 0 Å². The van der Waals surface area contributed by atoms with Crippen molar-refractivity contribution in [2.24, 2.45) is 0 Å². The first-order valence-corrected chi connectivity index (χ1v) is 13.7. The van der Waals surface area contributed by atoms with E-state index in [0.717, 1.165) is 0 Å². The molecule has 0 aromatic rings. The molecule has 10 heavy (non-hydrogen) atoms. The Kier molecular flexibility index (Phi) is 7.12. The van der Waals surface area contributed by atoms with Crippen molar-refractivity contribution in [1.82, 2.24) is 0 Å². The summed E-state index contributed by atoms with van der Waals surface area (Å²) in [4.78, 5) is 0. The second kappa shape index (κ2) is 6.56. The SMILES string of the molecule is C[As](C)CC=CC[As](C)C. The third kappa shape index (κ3) is 8.86. The molecule has 0 rings (SSSR count). The van der Waals surface area contributed by atoms with E-state index in [2.05, 4.69) is 35.0 Å². The van der Waals surface area contributed by atoms with Crippen LogP contribution in [0.3, 0.4) is 0 Å². The van der Waals surface area contributed by atoms with Gasteiger partial charge in [-0.3, -0.25) is 0 Å². The van der Waals surface area contributed by atoms with Gasteiger partial charge in [0, 0.05) is 0 Å². The van der Waals surface area contributed by atoms with Crippen LogP contribution < -0.4 is 0 Å². The van der Waals surface area contributed by atoms with Gasteiger partial charge in [0.1, 0.15) is 0 Å². The molecule has 0 fully saturated rings. The Bertz CT molecular complexity index is 83.4. The summed E-state index contributed by atoms with van der Waals surface area (Å²) in [7, 11) is 0. The molecule has 0 aromatic carbocycles. The van der Waals surface area contributed by atoms with Crippen molar-refractivity contribution in [3.05, 3.63) is 12.2 Å². The zero-order chi connectivity index (χ0) is 7.98. The molecule has 2 heteroatoms. The van der Waals surface area contributed by atoms with Crippen molar-refractivity contribution < 1.29 is 0 Å². The maximum absolute atomic E-state index is 2.41. The predicted octanol–water partition coefficient (Wildman–Crippen LogP) is 3.05. The number of rotatable bonds is 4. The van der Waals surface area contributed by atoms with Crippen LogP contribution in [0.5, 0.6) is 0 Å². The molecule has 0 unspecified atom stereocenters. The second-order valence-corrected chi connectivity index (χ2v) is 13.6. The number of hydrogen-bond acceptors (Lipinski definition) is 0. The Labute approximate surface area is 74.6 Å². The summed E-state index contributed by atoms with van der Waals surface area (Å²) in [6.07, 6.45) is 4.80. The fourth-order valence-corrected chi connectivity index (χ4v) is 2.97. The van der Waals surface area contributed by atoms with Crippen molar-refractivity contribution in [2.75, 3.05) is 0 Å². The molecule has 0 saturated carbocycles. The van der Waals surface area contributed by atoms with Crippen LogP contribution >= 0.6 is 0 Å². The minimum absolute atomic E-state index is 0.361. The molecule has 0 aromatic heterocycles. The molecule has 0 bridgehead atoms. The van der Waals surface area contributed by atoms with Crippen molar-refractivity contribution in [3.8, 4) is 0 Å². The first-order chi connectivity index (χ1) is 4.63. The van der Waals surface area contributed by atoms with Gasteiger partial charge in [-0.05, 0) is 0 Å². The number of allylic oxidation sites excluding steroid dienone is 2. The third-order valence-electron chi connectivity index (χ3n) is 1.11. The van der Waals surface area contributed by atoms with E-state index in [-0.39, 0.29) is 29.3 Å². The van der Waals surface area contributed by atoms with Gasteiger partial charge in [-0.15, -0.1) is 0 Å². The van der Waals surface area contributed by atoms with Gasteiger partial charge in [-0.2, -0.15) is 0 Å². The van der Waals surface area contributed by atoms with Crippen LogP contribution in [0.2, 0.25) is 33.3 Å². The van der Waals surface area contributed by atoms with Gasteiger partial charge in [-0.25, -0.2) is 0 Å². The Morgan fingerprint density at radius 2 is 1.10 bits per heavy atom. The standard InChI is InChI=1S/C8H18As2/c1-9(2)7-5-6-8-10(3)4/h5-6H,7-8H2,1-4H3. The van der Waals surface area contributed by atoms with E-state index in [0.29, 0.717) is 0 Å². The molecule has 0 aliphatic rings. The minimum atomic E-state index is -0.361. The van der Waals surface area contributed by atoms with Crippen LogP contribution in [0.4, 0.5) is 0 Å². The maximum atomic E-state index is 2.41. The molecule has 0 heterocycles. The van der Waals surface area contributed by atoms with Crippen LogP contribution in [-0.4, -0.2) is 29.3 Å². The van der Waals surface area contributed by atoms with Gasteiger partial charge in [-0.1, -0.05) is 0 Å². The van der Waals surface area contributed by atoms with Gasteiger partial charge in [0.05, 0.1) is 0 Å². The summed E-state index contributed by atoms with van der Waals surface area (Å²) in [5.41, 5.74) is 9.63. The molecule has 0 aliphatic heterocycles. The van der Waals surface area contributed by atoms with Crippen molar-refractivity contribution in [2.45, 2.75) is 33.3 Å². The molecule has 0 atom stereocenters. The van der Waals surface area contributed by atoms with Crippen LogP contribution in [-0.2, 0) is 0 Å². The van der Waals surface area contributed by atoms with Gasteiger partial charge >= 0.3 is 74.7 Å². The molecule has 0 radical (unpaired) electrons. The van der Waals surface area contributed by atoms with E-state index >= 15 is 0 Å². The van der Waals surface area contributed by atoms with Gasteiger partial charge in [0.2, 0.25) is 0 Å². The Morgan fingerprint density at radius 3 is 1.30 bits per heavy atom. The summed E-state index contributed by atoms with van der Waals surface area (Å²) in [6.45, 7) is 0. The van der Waals surface area contributed by atoms with E-state index in [1.54, 1.807) is 0 Å². The topological polar surface area (TPSA) is 0 Å². The molecular weight excluding hydrogens is 246 g/mol. The van der Waals surface area contributed by atoms with E-state index in [1.165, 1.54) is 10.4 Å². The van der Waals surface area contributed by atoms with Gasteiger partial charge in [0.15, 0.2) is 0 Å². The summed E-state index contributed by atoms with van der Waals surface area (Å²) in [5, 5.41) is 2.80. The molecule has 0 aliphatic carbocycles.